The number of aromatic hydroxyl groups is 1. The maximum Gasteiger partial charge on any atom is 0.453 e. The van der Waals surface area contributed by atoms with Crippen molar-refractivity contribution in [2.45, 2.75) is 39.3 Å². The number of rotatable bonds is 2. The fourth-order valence-corrected chi connectivity index (χ4v) is 2.87. The summed E-state index contributed by atoms with van der Waals surface area (Å²) in [6.07, 6.45) is -4.96. The van der Waals surface area contributed by atoms with Gasteiger partial charge in [-0.2, -0.15) is 13.2 Å². The first-order valence-electron chi connectivity index (χ1n) is 8.54. The van der Waals surface area contributed by atoms with E-state index in [0.717, 1.165) is 11.6 Å². The molecule has 2 aromatic carbocycles. The van der Waals surface area contributed by atoms with E-state index >= 15 is 0 Å². The van der Waals surface area contributed by atoms with E-state index in [0.29, 0.717) is 5.56 Å². The Labute approximate surface area is 159 Å². The molecule has 0 aliphatic heterocycles. The first kappa shape index (κ1) is 19.8. The standard InChI is InChI=1S/C21H19F3O4/c1-11-5-8-15(14(9-11)20(2,3)4)27-18-17(26)13-7-6-12(25)10-16(13)28-19(18)21(22,23)24/h5-10,25H,1-4H3. The molecule has 1 N–H and O–H groups in total. The van der Waals surface area contributed by atoms with Gasteiger partial charge in [0, 0.05) is 11.6 Å². The predicted octanol–water partition coefficient (Wildman–Crippen LogP) is 5.92. The summed E-state index contributed by atoms with van der Waals surface area (Å²) >= 11 is 0. The van der Waals surface area contributed by atoms with Gasteiger partial charge in [-0.05, 0) is 30.5 Å². The van der Waals surface area contributed by atoms with Crippen LogP contribution in [-0.2, 0) is 11.6 Å². The molecule has 1 aromatic heterocycles. The minimum atomic E-state index is -4.96. The molecular weight excluding hydrogens is 373 g/mol. The van der Waals surface area contributed by atoms with E-state index in [2.05, 4.69) is 0 Å². The van der Waals surface area contributed by atoms with Crippen LogP contribution in [0.3, 0.4) is 0 Å². The van der Waals surface area contributed by atoms with Crippen LogP contribution in [-0.4, -0.2) is 5.11 Å². The van der Waals surface area contributed by atoms with E-state index in [1.54, 1.807) is 6.07 Å². The lowest BCUT2D eigenvalue weighted by atomic mass is 9.85. The van der Waals surface area contributed by atoms with Crippen LogP contribution in [0.1, 0.15) is 37.7 Å². The van der Waals surface area contributed by atoms with Gasteiger partial charge in [0.15, 0.2) is 0 Å². The lowest BCUT2D eigenvalue weighted by Crippen LogP contribution is -2.18. The number of phenolic OH excluding ortho intramolecular Hbond substituents is 1. The molecule has 0 radical (unpaired) electrons. The van der Waals surface area contributed by atoms with Crippen LogP contribution in [0.15, 0.2) is 45.6 Å². The molecule has 0 spiro atoms. The van der Waals surface area contributed by atoms with E-state index in [4.69, 9.17) is 9.15 Å². The number of hydrogen-bond donors (Lipinski definition) is 1. The highest BCUT2D eigenvalue weighted by molar-refractivity contribution is 5.79. The summed E-state index contributed by atoms with van der Waals surface area (Å²) in [7, 11) is 0. The molecule has 0 amide bonds. The van der Waals surface area contributed by atoms with E-state index in [1.807, 2.05) is 33.8 Å². The lowest BCUT2D eigenvalue weighted by molar-refractivity contribution is -0.154. The largest absolute Gasteiger partial charge is 0.508 e. The Hall–Kier alpha value is -2.96. The van der Waals surface area contributed by atoms with Gasteiger partial charge in [-0.15, -0.1) is 0 Å². The van der Waals surface area contributed by atoms with Crippen molar-refractivity contribution in [1.29, 1.82) is 0 Å². The molecule has 0 saturated heterocycles. The average molecular weight is 392 g/mol. The van der Waals surface area contributed by atoms with Crippen molar-refractivity contribution in [3.8, 4) is 17.2 Å². The van der Waals surface area contributed by atoms with Gasteiger partial charge in [0.2, 0.25) is 11.2 Å². The number of hydrogen-bond acceptors (Lipinski definition) is 4. The second-order valence-electron chi connectivity index (χ2n) is 7.62. The predicted molar refractivity (Wildman–Crippen MR) is 99.1 cm³/mol. The van der Waals surface area contributed by atoms with Crippen molar-refractivity contribution < 1.29 is 27.4 Å². The Morgan fingerprint density at radius 2 is 1.71 bits per heavy atom. The first-order chi connectivity index (χ1) is 12.9. The highest BCUT2D eigenvalue weighted by Crippen LogP contribution is 2.41. The summed E-state index contributed by atoms with van der Waals surface area (Å²) in [4.78, 5) is 12.8. The Morgan fingerprint density at radius 1 is 1.04 bits per heavy atom. The summed E-state index contributed by atoms with van der Waals surface area (Å²) in [5.41, 5.74) is -0.193. The minimum Gasteiger partial charge on any atom is -0.508 e. The van der Waals surface area contributed by atoms with E-state index in [1.165, 1.54) is 18.2 Å². The molecule has 7 heteroatoms. The molecule has 0 fully saturated rings. The number of alkyl halides is 3. The summed E-state index contributed by atoms with van der Waals surface area (Å²) < 4.78 is 51.2. The molecule has 0 aliphatic carbocycles. The molecular formula is C21H19F3O4. The average Bonchev–Trinajstić information content (AvgIpc) is 2.56. The van der Waals surface area contributed by atoms with E-state index in [-0.39, 0.29) is 22.5 Å². The molecule has 4 nitrogen and oxygen atoms in total. The SMILES string of the molecule is Cc1ccc(Oc2c(C(F)(F)F)oc3cc(O)ccc3c2=O)c(C(C)(C)C)c1. The highest BCUT2D eigenvalue weighted by atomic mass is 19.4. The van der Waals surface area contributed by atoms with Crippen LogP contribution >= 0.6 is 0 Å². The third-order valence-electron chi connectivity index (χ3n) is 4.25. The molecule has 0 unspecified atom stereocenters. The molecule has 1 heterocycles. The van der Waals surface area contributed by atoms with Gasteiger partial charge >= 0.3 is 6.18 Å². The monoisotopic (exact) mass is 392 g/mol. The molecule has 0 saturated carbocycles. The van der Waals surface area contributed by atoms with E-state index < -0.39 is 28.5 Å². The molecule has 0 aliphatic rings. The van der Waals surface area contributed by atoms with Crippen LogP contribution in [0.5, 0.6) is 17.2 Å². The lowest BCUT2D eigenvalue weighted by Gasteiger charge is -2.23. The zero-order valence-electron chi connectivity index (χ0n) is 15.8. The normalized spacial score (nSPS) is 12.4. The third-order valence-corrected chi connectivity index (χ3v) is 4.25. The van der Waals surface area contributed by atoms with Gasteiger partial charge in [0.1, 0.15) is 17.1 Å². The molecule has 3 rings (SSSR count). The second-order valence-corrected chi connectivity index (χ2v) is 7.62. The van der Waals surface area contributed by atoms with Gasteiger partial charge in [-0.25, -0.2) is 0 Å². The van der Waals surface area contributed by atoms with Crippen LogP contribution < -0.4 is 10.2 Å². The van der Waals surface area contributed by atoms with Gasteiger partial charge in [-0.1, -0.05) is 38.5 Å². The summed E-state index contributed by atoms with van der Waals surface area (Å²) in [5, 5.41) is 9.38. The third kappa shape index (κ3) is 3.69. The highest BCUT2D eigenvalue weighted by Gasteiger charge is 2.41. The van der Waals surface area contributed by atoms with Crippen molar-refractivity contribution in [2.24, 2.45) is 0 Å². The maximum atomic E-state index is 13.6. The number of benzene rings is 2. The zero-order chi connectivity index (χ0) is 20.9. The number of fused-ring (bicyclic) bond motifs is 1. The zero-order valence-corrected chi connectivity index (χ0v) is 15.8. The van der Waals surface area contributed by atoms with Gasteiger partial charge in [0.25, 0.3) is 5.76 Å². The Morgan fingerprint density at radius 3 is 2.32 bits per heavy atom. The van der Waals surface area contributed by atoms with E-state index in [9.17, 15) is 23.1 Å². The molecule has 0 atom stereocenters. The van der Waals surface area contributed by atoms with Gasteiger partial charge in [0.05, 0.1) is 5.39 Å². The van der Waals surface area contributed by atoms with Crippen molar-refractivity contribution >= 4 is 11.0 Å². The molecule has 0 bridgehead atoms. The van der Waals surface area contributed by atoms with Crippen molar-refractivity contribution in [3.05, 3.63) is 63.5 Å². The number of phenols is 1. The molecule has 148 valence electrons. The van der Waals surface area contributed by atoms with Gasteiger partial charge in [-0.3, -0.25) is 4.79 Å². The Balaban J connectivity index is 2.28. The topological polar surface area (TPSA) is 59.7 Å². The quantitative estimate of drug-likeness (QED) is 0.588. The maximum absolute atomic E-state index is 13.6. The fourth-order valence-electron chi connectivity index (χ4n) is 2.87. The molecule has 3 aromatic rings. The Kier molecular flexibility index (Phi) is 4.65. The Bertz CT molecular complexity index is 1110. The van der Waals surface area contributed by atoms with Crippen molar-refractivity contribution in [2.75, 3.05) is 0 Å². The van der Waals surface area contributed by atoms with Crippen LogP contribution in [0.25, 0.3) is 11.0 Å². The van der Waals surface area contributed by atoms with Crippen molar-refractivity contribution in [1.82, 2.24) is 0 Å². The fraction of sp³-hybridized carbons (Fsp3) is 0.286. The van der Waals surface area contributed by atoms with Crippen LogP contribution in [0.2, 0.25) is 0 Å². The summed E-state index contributed by atoms with van der Waals surface area (Å²) in [6.45, 7) is 7.54. The summed E-state index contributed by atoms with van der Waals surface area (Å²) in [5.74, 6) is -2.64. The second kappa shape index (κ2) is 6.58. The van der Waals surface area contributed by atoms with Crippen LogP contribution in [0.4, 0.5) is 13.2 Å². The summed E-state index contributed by atoms with van der Waals surface area (Å²) in [6, 6.07) is 8.40. The van der Waals surface area contributed by atoms with Crippen molar-refractivity contribution in [3.63, 3.8) is 0 Å². The van der Waals surface area contributed by atoms with Gasteiger partial charge < -0.3 is 14.3 Å². The molecule has 28 heavy (non-hydrogen) atoms. The number of ether oxygens (including phenoxy) is 1. The smallest absolute Gasteiger partial charge is 0.453 e. The minimum absolute atomic E-state index is 0.120. The van der Waals surface area contributed by atoms with Crippen LogP contribution in [0, 0.1) is 6.92 Å². The number of aryl methyl sites for hydroxylation is 1. The first-order valence-corrected chi connectivity index (χ1v) is 8.54. The number of halogens is 3.